The molecule has 0 aliphatic carbocycles. The summed E-state index contributed by atoms with van der Waals surface area (Å²) in [5.74, 6) is -0.848. The van der Waals surface area contributed by atoms with Gasteiger partial charge < -0.3 is 19.3 Å². The zero-order valence-electron chi connectivity index (χ0n) is 15.6. The predicted octanol–water partition coefficient (Wildman–Crippen LogP) is 3.87. The highest BCUT2D eigenvalue weighted by molar-refractivity contribution is 7.18. The Bertz CT molecular complexity index is 871. The molecule has 0 fully saturated rings. The second kappa shape index (κ2) is 9.18. The number of hydrogen-bond donors (Lipinski definition) is 1. The van der Waals surface area contributed by atoms with Gasteiger partial charge in [-0.1, -0.05) is 6.07 Å². The number of carbonyl (C=O) groups is 2. The first kappa shape index (κ1) is 20.4. The number of ether oxygens (including phenoxy) is 3. The van der Waals surface area contributed by atoms with E-state index in [4.69, 9.17) is 14.2 Å². The molecule has 8 heteroatoms. The van der Waals surface area contributed by atoms with Gasteiger partial charge in [0.2, 0.25) is 0 Å². The third kappa shape index (κ3) is 4.46. The van der Waals surface area contributed by atoms with Crippen molar-refractivity contribution in [2.45, 2.75) is 20.8 Å². The summed E-state index contributed by atoms with van der Waals surface area (Å²) in [5.41, 5.74) is 1.08. The summed E-state index contributed by atoms with van der Waals surface area (Å²) in [5, 5.41) is 10.5. The Morgan fingerprint density at radius 3 is 2.48 bits per heavy atom. The van der Waals surface area contributed by atoms with Crippen molar-refractivity contribution in [1.29, 1.82) is 0 Å². The number of phenols is 1. The van der Waals surface area contributed by atoms with Crippen molar-refractivity contribution in [2.75, 3.05) is 20.3 Å². The normalized spacial score (nSPS) is 10.8. The van der Waals surface area contributed by atoms with Crippen molar-refractivity contribution < 1.29 is 28.9 Å². The number of carbonyl (C=O) groups excluding carboxylic acids is 2. The number of para-hydroxylation sites is 1. The fraction of sp³-hybridized carbons (Fsp3) is 0.316. The van der Waals surface area contributed by atoms with Crippen molar-refractivity contribution in [1.82, 2.24) is 0 Å². The Hall–Kier alpha value is -2.87. The molecule has 1 aromatic carbocycles. The van der Waals surface area contributed by atoms with E-state index in [-0.39, 0.29) is 24.5 Å². The van der Waals surface area contributed by atoms with Crippen molar-refractivity contribution in [3.63, 3.8) is 0 Å². The number of hydrogen-bond acceptors (Lipinski definition) is 8. The topological polar surface area (TPSA) is 94.4 Å². The third-order valence-electron chi connectivity index (χ3n) is 3.64. The van der Waals surface area contributed by atoms with Crippen LogP contribution in [0.25, 0.3) is 0 Å². The lowest BCUT2D eigenvalue weighted by Gasteiger charge is -2.05. The first-order valence-corrected chi connectivity index (χ1v) is 9.13. The van der Waals surface area contributed by atoms with E-state index in [1.54, 1.807) is 39.0 Å². The van der Waals surface area contributed by atoms with Crippen LogP contribution in [-0.2, 0) is 9.47 Å². The molecule has 2 rings (SSSR count). The van der Waals surface area contributed by atoms with Crippen molar-refractivity contribution in [3.05, 3.63) is 39.8 Å². The van der Waals surface area contributed by atoms with Gasteiger partial charge in [0.1, 0.15) is 15.4 Å². The standard InChI is InChI=1S/C19H21NO6S/c1-5-25-18(22)14-11(3)16(19(23)26-6-2)27-17(14)20-10-12-8-7-9-13(24-4)15(12)21/h7-10,21H,5-6H2,1-4H3. The lowest BCUT2D eigenvalue weighted by atomic mass is 10.1. The highest BCUT2D eigenvalue weighted by Gasteiger charge is 2.26. The zero-order valence-corrected chi connectivity index (χ0v) is 16.4. The van der Waals surface area contributed by atoms with Crippen LogP contribution in [0, 0.1) is 6.92 Å². The molecule has 0 unspecified atom stereocenters. The Morgan fingerprint density at radius 2 is 1.85 bits per heavy atom. The van der Waals surface area contributed by atoms with Crippen LogP contribution in [-0.4, -0.2) is 43.6 Å². The first-order valence-electron chi connectivity index (χ1n) is 8.32. The highest BCUT2D eigenvalue weighted by Crippen LogP contribution is 2.37. The summed E-state index contributed by atoms with van der Waals surface area (Å²) in [7, 11) is 1.45. The smallest absolute Gasteiger partial charge is 0.348 e. The van der Waals surface area contributed by atoms with Gasteiger partial charge in [-0.15, -0.1) is 11.3 Å². The van der Waals surface area contributed by atoms with Crippen LogP contribution in [0.4, 0.5) is 5.00 Å². The molecule has 0 aliphatic heterocycles. The average Bonchev–Trinajstić information content (AvgIpc) is 2.97. The van der Waals surface area contributed by atoms with Crippen LogP contribution in [0.3, 0.4) is 0 Å². The second-order valence-electron chi connectivity index (χ2n) is 5.33. The van der Waals surface area contributed by atoms with Crippen LogP contribution in [0.15, 0.2) is 23.2 Å². The molecular weight excluding hydrogens is 370 g/mol. The molecule has 0 spiro atoms. The molecule has 1 N–H and O–H groups in total. The summed E-state index contributed by atoms with van der Waals surface area (Å²) < 4.78 is 15.2. The monoisotopic (exact) mass is 391 g/mol. The number of thiophene rings is 1. The van der Waals surface area contributed by atoms with Gasteiger partial charge >= 0.3 is 11.9 Å². The van der Waals surface area contributed by atoms with Crippen LogP contribution in [0.1, 0.15) is 45.0 Å². The van der Waals surface area contributed by atoms with Gasteiger partial charge in [0.15, 0.2) is 11.5 Å². The molecule has 0 amide bonds. The van der Waals surface area contributed by atoms with Crippen molar-refractivity contribution in [3.8, 4) is 11.5 Å². The minimum Gasteiger partial charge on any atom is -0.504 e. The third-order valence-corrected chi connectivity index (χ3v) is 4.82. The number of aliphatic imine (C=N–C) groups is 1. The number of esters is 2. The second-order valence-corrected chi connectivity index (χ2v) is 6.33. The summed E-state index contributed by atoms with van der Waals surface area (Å²) in [6.07, 6.45) is 1.40. The van der Waals surface area contributed by atoms with Gasteiger partial charge in [0, 0.05) is 11.8 Å². The maximum absolute atomic E-state index is 12.3. The van der Waals surface area contributed by atoms with E-state index in [1.165, 1.54) is 13.3 Å². The SMILES string of the molecule is CCOC(=O)c1sc(N=Cc2cccc(OC)c2O)c(C(=O)OCC)c1C. The Labute approximate surface area is 161 Å². The number of methoxy groups -OCH3 is 1. The largest absolute Gasteiger partial charge is 0.504 e. The maximum Gasteiger partial charge on any atom is 0.348 e. The Balaban J connectivity index is 2.50. The van der Waals surface area contributed by atoms with Crippen LogP contribution in [0.5, 0.6) is 11.5 Å². The molecule has 0 bridgehead atoms. The van der Waals surface area contributed by atoms with E-state index in [2.05, 4.69) is 4.99 Å². The molecule has 144 valence electrons. The molecule has 7 nitrogen and oxygen atoms in total. The van der Waals surface area contributed by atoms with E-state index >= 15 is 0 Å². The molecule has 0 saturated carbocycles. The molecule has 0 saturated heterocycles. The minimum atomic E-state index is -0.566. The first-order chi connectivity index (χ1) is 12.9. The average molecular weight is 391 g/mol. The van der Waals surface area contributed by atoms with Gasteiger partial charge in [-0.2, -0.15) is 0 Å². The number of phenolic OH excluding ortho intramolecular Hbond substituents is 1. The van der Waals surface area contributed by atoms with Crippen molar-refractivity contribution in [2.24, 2.45) is 4.99 Å². The lowest BCUT2D eigenvalue weighted by molar-refractivity contribution is 0.0527. The van der Waals surface area contributed by atoms with E-state index < -0.39 is 11.9 Å². The molecule has 2 aromatic rings. The molecule has 27 heavy (non-hydrogen) atoms. The van der Waals surface area contributed by atoms with Gasteiger partial charge in [0.25, 0.3) is 0 Å². The van der Waals surface area contributed by atoms with E-state index in [0.717, 1.165) is 11.3 Å². The number of nitrogens with zero attached hydrogens (tertiary/aromatic N) is 1. The summed E-state index contributed by atoms with van der Waals surface area (Å²) in [6, 6.07) is 4.97. The summed E-state index contributed by atoms with van der Waals surface area (Å²) in [6.45, 7) is 5.47. The van der Waals surface area contributed by atoms with Crippen molar-refractivity contribution >= 4 is 34.5 Å². The van der Waals surface area contributed by atoms with Gasteiger partial charge in [-0.25, -0.2) is 14.6 Å². The maximum atomic E-state index is 12.3. The van der Waals surface area contributed by atoms with Crippen LogP contribution >= 0.6 is 11.3 Å². The molecule has 1 heterocycles. The zero-order chi connectivity index (χ0) is 20.0. The quantitative estimate of drug-likeness (QED) is 0.569. The predicted molar refractivity (Wildman–Crippen MR) is 103 cm³/mol. The molecular formula is C19H21NO6S. The number of rotatable bonds is 7. The summed E-state index contributed by atoms with van der Waals surface area (Å²) in [4.78, 5) is 29.1. The van der Waals surface area contributed by atoms with Gasteiger partial charge in [-0.3, -0.25) is 0 Å². The van der Waals surface area contributed by atoms with E-state index in [0.29, 0.717) is 26.8 Å². The fourth-order valence-electron chi connectivity index (χ4n) is 2.36. The number of aromatic hydroxyl groups is 1. The van der Waals surface area contributed by atoms with Crippen LogP contribution < -0.4 is 4.74 Å². The fourth-order valence-corrected chi connectivity index (χ4v) is 3.40. The molecule has 0 atom stereocenters. The van der Waals surface area contributed by atoms with Gasteiger partial charge in [-0.05, 0) is 38.5 Å². The molecule has 0 radical (unpaired) electrons. The Morgan fingerprint density at radius 1 is 1.19 bits per heavy atom. The minimum absolute atomic E-state index is 0.0691. The molecule has 1 aromatic heterocycles. The van der Waals surface area contributed by atoms with Crippen LogP contribution in [0.2, 0.25) is 0 Å². The van der Waals surface area contributed by atoms with Gasteiger partial charge in [0.05, 0.1) is 20.3 Å². The summed E-state index contributed by atoms with van der Waals surface area (Å²) >= 11 is 1.04. The number of benzene rings is 1. The van der Waals surface area contributed by atoms with E-state index in [9.17, 15) is 14.7 Å². The van der Waals surface area contributed by atoms with E-state index in [1.807, 2.05) is 0 Å². The Kier molecular flexibility index (Phi) is 6.95. The molecule has 0 aliphatic rings. The highest BCUT2D eigenvalue weighted by atomic mass is 32.1. The lowest BCUT2D eigenvalue weighted by Crippen LogP contribution is -2.08.